The topological polar surface area (TPSA) is 35.9 Å². The zero-order chi connectivity index (χ0) is 19.4. The van der Waals surface area contributed by atoms with Crippen LogP contribution in [0.2, 0.25) is 0 Å². The summed E-state index contributed by atoms with van der Waals surface area (Å²) in [5, 5.41) is 10.6. The standard InChI is InChI=1S/C20H29F3N2O2/c1-24-9-11-25(12-10-24)14-18(17-7-2-3-8-19(17)26)15-5-4-6-16(13-15)27-20(21,22)23/h4-6,13,17-19,26H,2-3,7-12,14H2,1H3/t17?,18?,19-/m1/s1. The van der Waals surface area contributed by atoms with Gasteiger partial charge in [0.2, 0.25) is 0 Å². The molecule has 4 nitrogen and oxygen atoms in total. The summed E-state index contributed by atoms with van der Waals surface area (Å²) in [5.74, 6) is -0.117. The van der Waals surface area contributed by atoms with Gasteiger partial charge in [-0.3, -0.25) is 0 Å². The van der Waals surface area contributed by atoms with E-state index in [1.807, 2.05) is 6.07 Å². The van der Waals surface area contributed by atoms with Crippen molar-refractivity contribution in [1.29, 1.82) is 0 Å². The first-order valence-corrected chi connectivity index (χ1v) is 9.76. The molecule has 1 aliphatic carbocycles. The number of likely N-dealkylation sites (N-methyl/N-ethyl adjacent to an activating group) is 1. The van der Waals surface area contributed by atoms with Crippen LogP contribution in [0.1, 0.15) is 37.2 Å². The molecule has 0 spiro atoms. The second kappa shape index (κ2) is 8.80. The first-order chi connectivity index (χ1) is 12.8. The van der Waals surface area contributed by atoms with Gasteiger partial charge in [-0.1, -0.05) is 25.0 Å². The molecule has 0 amide bonds. The number of halogens is 3. The maximum absolute atomic E-state index is 12.6. The molecule has 1 saturated heterocycles. The molecular weight excluding hydrogens is 357 g/mol. The van der Waals surface area contributed by atoms with Crippen LogP contribution in [0.25, 0.3) is 0 Å². The largest absolute Gasteiger partial charge is 0.573 e. The average molecular weight is 386 g/mol. The van der Waals surface area contributed by atoms with Crippen LogP contribution in [-0.4, -0.2) is 67.1 Å². The highest BCUT2D eigenvalue weighted by atomic mass is 19.4. The maximum Gasteiger partial charge on any atom is 0.573 e. The highest BCUT2D eigenvalue weighted by molar-refractivity contribution is 5.32. The van der Waals surface area contributed by atoms with Gasteiger partial charge in [0.05, 0.1) is 6.10 Å². The Kier molecular flexibility index (Phi) is 6.65. The van der Waals surface area contributed by atoms with Gasteiger partial charge >= 0.3 is 6.36 Å². The Labute approximate surface area is 158 Å². The monoisotopic (exact) mass is 386 g/mol. The fraction of sp³-hybridized carbons (Fsp3) is 0.700. The molecule has 3 atom stereocenters. The number of aliphatic hydroxyl groups excluding tert-OH is 1. The molecule has 27 heavy (non-hydrogen) atoms. The van der Waals surface area contributed by atoms with Gasteiger partial charge < -0.3 is 19.6 Å². The van der Waals surface area contributed by atoms with Crippen molar-refractivity contribution in [1.82, 2.24) is 9.80 Å². The SMILES string of the molecule is CN1CCN(CC(c2cccc(OC(F)(F)F)c2)C2CCCC[C@H]2O)CC1. The molecule has 1 aromatic carbocycles. The Morgan fingerprint density at radius 2 is 1.85 bits per heavy atom. The van der Waals surface area contributed by atoms with Gasteiger partial charge in [0.1, 0.15) is 5.75 Å². The molecule has 1 N–H and O–H groups in total. The Bertz CT molecular complexity index is 603. The molecule has 2 fully saturated rings. The summed E-state index contributed by atoms with van der Waals surface area (Å²) in [6.45, 7) is 4.60. The third kappa shape index (κ3) is 5.83. The maximum atomic E-state index is 12.6. The van der Waals surface area contributed by atoms with Gasteiger partial charge in [0.15, 0.2) is 0 Å². The highest BCUT2D eigenvalue weighted by Gasteiger charge is 2.35. The number of hydrogen-bond acceptors (Lipinski definition) is 4. The molecule has 7 heteroatoms. The highest BCUT2D eigenvalue weighted by Crippen LogP contribution is 2.38. The molecule has 1 saturated carbocycles. The number of nitrogens with zero attached hydrogens (tertiary/aromatic N) is 2. The third-order valence-corrected chi connectivity index (χ3v) is 5.87. The molecule has 152 valence electrons. The van der Waals surface area contributed by atoms with Crippen molar-refractivity contribution in [2.45, 2.75) is 44.1 Å². The van der Waals surface area contributed by atoms with E-state index in [-0.39, 0.29) is 17.6 Å². The zero-order valence-electron chi connectivity index (χ0n) is 15.8. The van der Waals surface area contributed by atoms with E-state index in [0.29, 0.717) is 0 Å². The molecular formula is C20H29F3N2O2. The van der Waals surface area contributed by atoms with Crippen LogP contribution < -0.4 is 4.74 Å². The first-order valence-electron chi connectivity index (χ1n) is 9.76. The van der Waals surface area contributed by atoms with Gasteiger partial charge in [0, 0.05) is 38.6 Å². The molecule has 0 radical (unpaired) electrons. The van der Waals surface area contributed by atoms with E-state index in [4.69, 9.17) is 0 Å². The Morgan fingerprint density at radius 3 is 2.52 bits per heavy atom. The minimum Gasteiger partial charge on any atom is -0.406 e. The summed E-state index contributed by atoms with van der Waals surface area (Å²) >= 11 is 0. The summed E-state index contributed by atoms with van der Waals surface area (Å²) in [5.41, 5.74) is 0.821. The quantitative estimate of drug-likeness (QED) is 0.841. The van der Waals surface area contributed by atoms with Gasteiger partial charge in [-0.05, 0) is 43.5 Å². The first kappa shape index (κ1) is 20.4. The summed E-state index contributed by atoms with van der Waals surface area (Å²) < 4.78 is 42.0. The predicted octanol–water partition coefficient (Wildman–Crippen LogP) is 3.47. The van der Waals surface area contributed by atoms with Crippen LogP contribution in [0, 0.1) is 5.92 Å². The van der Waals surface area contributed by atoms with Gasteiger partial charge in [0.25, 0.3) is 0 Å². The van der Waals surface area contributed by atoms with Crippen LogP contribution >= 0.6 is 0 Å². The number of piperazine rings is 1. The van der Waals surface area contributed by atoms with Crippen LogP contribution in [0.15, 0.2) is 24.3 Å². The normalized spacial score (nSPS) is 26.7. The lowest BCUT2D eigenvalue weighted by Crippen LogP contribution is -2.47. The van der Waals surface area contributed by atoms with Crippen molar-refractivity contribution >= 4 is 0 Å². The lowest BCUT2D eigenvalue weighted by Gasteiger charge is -2.40. The van der Waals surface area contributed by atoms with Crippen molar-refractivity contribution in [3.05, 3.63) is 29.8 Å². The number of hydrogen-bond donors (Lipinski definition) is 1. The van der Waals surface area contributed by atoms with Crippen LogP contribution in [0.5, 0.6) is 5.75 Å². The summed E-state index contributed by atoms with van der Waals surface area (Å²) in [6.07, 6.45) is -1.36. The number of alkyl halides is 3. The smallest absolute Gasteiger partial charge is 0.406 e. The van der Waals surface area contributed by atoms with Crippen LogP contribution in [-0.2, 0) is 0 Å². The van der Waals surface area contributed by atoms with Gasteiger partial charge in [-0.15, -0.1) is 13.2 Å². The van der Waals surface area contributed by atoms with E-state index in [9.17, 15) is 18.3 Å². The third-order valence-electron chi connectivity index (χ3n) is 5.87. The van der Waals surface area contributed by atoms with Crippen molar-refractivity contribution < 1.29 is 23.0 Å². The molecule has 2 unspecified atom stereocenters. The van der Waals surface area contributed by atoms with Crippen molar-refractivity contribution in [2.75, 3.05) is 39.8 Å². The van der Waals surface area contributed by atoms with Crippen molar-refractivity contribution in [3.63, 3.8) is 0 Å². The minimum absolute atomic E-state index is 0.000454. The number of benzene rings is 1. The molecule has 0 bridgehead atoms. The zero-order valence-corrected chi connectivity index (χ0v) is 15.8. The fourth-order valence-corrected chi connectivity index (χ4v) is 4.35. The second-order valence-corrected chi connectivity index (χ2v) is 7.85. The fourth-order valence-electron chi connectivity index (χ4n) is 4.35. The molecule has 3 rings (SSSR count). The number of aliphatic hydroxyl groups is 1. The molecule has 0 aromatic heterocycles. The van der Waals surface area contributed by atoms with Gasteiger partial charge in [-0.25, -0.2) is 0 Å². The Morgan fingerprint density at radius 1 is 1.15 bits per heavy atom. The summed E-state index contributed by atoms with van der Waals surface area (Å²) in [7, 11) is 2.09. The second-order valence-electron chi connectivity index (χ2n) is 7.85. The average Bonchev–Trinajstić information content (AvgIpc) is 2.61. The van der Waals surface area contributed by atoms with Crippen molar-refractivity contribution in [2.24, 2.45) is 5.92 Å². The van der Waals surface area contributed by atoms with E-state index >= 15 is 0 Å². The van der Waals surface area contributed by atoms with Crippen LogP contribution in [0.3, 0.4) is 0 Å². The van der Waals surface area contributed by atoms with Crippen LogP contribution in [0.4, 0.5) is 13.2 Å². The lowest BCUT2D eigenvalue weighted by molar-refractivity contribution is -0.274. The predicted molar refractivity (Wildman–Crippen MR) is 97.8 cm³/mol. The number of rotatable bonds is 5. The number of ether oxygens (including phenoxy) is 1. The van der Waals surface area contributed by atoms with E-state index in [1.165, 1.54) is 12.1 Å². The van der Waals surface area contributed by atoms with E-state index in [1.54, 1.807) is 6.07 Å². The molecule has 1 aromatic rings. The molecule has 2 aliphatic rings. The minimum atomic E-state index is -4.70. The summed E-state index contributed by atoms with van der Waals surface area (Å²) in [4.78, 5) is 4.64. The van der Waals surface area contributed by atoms with E-state index in [0.717, 1.165) is 64.0 Å². The lowest BCUT2D eigenvalue weighted by atomic mass is 9.74. The Hall–Kier alpha value is -1.31. The Balaban J connectivity index is 1.81. The van der Waals surface area contributed by atoms with E-state index < -0.39 is 12.5 Å². The molecule has 1 heterocycles. The van der Waals surface area contributed by atoms with Crippen molar-refractivity contribution in [3.8, 4) is 5.75 Å². The van der Waals surface area contributed by atoms with Gasteiger partial charge in [-0.2, -0.15) is 0 Å². The summed E-state index contributed by atoms with van der Waals surface area (Å²) in [6, 6.07) is 6.31. The van der Waals surface area contributed by atoms with E-state index in [2.05, 4.69) is 21.6 Å². The molecule has 1 aliphatic heterocycles.